The summed E-state index contributed by atoms with van der Waals surface area (Å²) in [5.74, 6) is 0. The van der Waals surface area contributed by atoms with E-state index in [2.05, 4.69) is 147 Å². The van der Waals surface area contributed by atoms with Gasteiger partial charge in [0.1, 0.15) is 0 Å². The first kappa shape index (κ1) is 23.7. The first-order valence-electron chi connectivity index (χ1n) is 13.5. The molecule has 5 aromatic carbocycles. The van der Waals surface area contributed by atoms with Crippen LogP contribution < -0.4 is 0 Å². The van der Waals surface area contributed by atoms with Crippen molar-refractivity contribution in [1.82, 2.24) is 0 Å². The van der Waals surface area contributed by atoms with Crippen molar-refractivity contribution < 1.29 is 21.3 Å². The molecular weight excluding hydrogens is 536 g/mol. The molecule has 0 bridgehead atoms. The Morgan fingerprint density at radius 3 is 1.61 bits per heavy atom. The quantitative estimate of drug-likeness (QED) is 0.204. The normalized spacial score (nSPS) is 15.4. The third-order valence-corrected chi connectivity index (χ3v) is 17.1. The third-order valence-electron chi connectivity index (χ3n) is 8.34. The van der Waals surface area contributed by atoms with Crippen molar-refractivity contribution in [3.05, 3.63) is 172 Å². The van der Waals surface area contributed by atoms with E-state index in [4.69, 9.17) is 0 Å². The molecule has 0 aliphatic heterocycles. The predicted octanol–water partition coefficient (Wildman–Crippen LogP) is 9.11. The van der Waals surface area contributed by atoms with Gasteiger partial charge in [0, 0.05) is 0 Å². The molecule has 7 rings (SSSR count). The van der Waals surface area contributed by atoms with E-state index in [-0.39, 0.29) is 0 Å². The molecule has 1 atom stereocenters. The predicted molar refractivity (Wildman–Crippen MR) is 157 cm³/mol. The van der Waals surface area contributed by atoms with Crippen molar-refractivity contribution >= 4 is 8.78 Å². The van der Waals surface area contributed by atoms with Crippen LogP contribution in [0.2, 0.25) is 0 Å². The van der Waals surface area contributed by atoms with Crippen LogP contribution >= 0.6 is 0 Å². The van der Waals surface area contributed by atoms with E-state index >= 15 is 0 Å². The molecule has 38 heavy (non-hydrogen) atoms. The van der Waals surface area contributed by atoms with Gasteiger partial charge in [0.05, 0.1) is 0 Å². The summed E-state index contributed by atoms with van der Waals surface area (Å²) in [5.41, 5.74) is 14.6. The monoisotopic (exact) mass is 564 g/mol. The summed E-state index contributed by atoms with van der Waals surface area (Å²) in [6, 6.07) is 47.9. The Hall–Kier alpha value is -3.41. The molecule has 0 nitrogen and oxygen atoms in total. The molecule has 0 fully saturated rings. The molecule has 0 radical (unpaired) electrons. The summed E-state index contributed by atoms with van der Waals surface area (Å²) in [7, 11) is 0. The number of benzene rings is 5. The summed E-state index contributed by atoms with van der Waals surface area (Å²) >= 11 is -2.69. The fourth-order valence-corrected chi connectivity index (χ4v) is 17.0. The van der Waals surface area contributed by atoms with Gasteiger partial charge in [-0.25, -0.2) is 0 Å². The summed E-state index contributed by atoms with van der Waals surface area (Å²) < 4.78 is 2.53. The molecule has 1 unspecified atom stereocenters. The van der Waals surface area contributed by atoms with Crippen LogP contribution in [-0.4, -0.2) is 3.21 Å². The van der Waals surface area contributed by atoms with Crippen LogP contribution in [0.25, 0.3) is 16.7 Å². The SMILES string of the molecule is CC1=C[CH]([Zr](=[C](c2ccccc2)c2ccccc2)[CH]2c3ccccc3-c3ccccc32)c2cccc(C)c21. The number of aryl methyl sites for hydroxylation is 1. The van der Waals surface area contributed by atoms with Gasteiger partial charge < -0.3 is 0 Å². The van der Waals surface area contributed by atoms with Crippen molar-refractivity contribution in [1.29, 1.82) is 0 Å². The third kappa shape index (κ3) is 3.79. The van der Waals surface area contributed by atoms with E-state index in [0.29, 0.717) is 7.25 Å². The molecule has 0 spiro atoms. The summed E-state index contributed by atoms with van der Waals surface area (Å²) in [6.07, 6.45) is 2.64. The zero-order valence-corrected chi connectivity index (χ0v) is 24.3. The maximum atomic E-state index is 2.64. The summed E-state index contributed by atoms with van der Waals surface area (Å²) in [6.45, 7) is 4.61. The Balaban J connectivity index is 1.62. The van der Waals surface area contributed by atoms with Crippen molar-refractivity contribution in [3.63, 3.8) is 0 Å². The molecule has 0 saturated carbocycles. The molecule has 2 aliphatic carbocycles. The fraction of sp³-hybridized carbons (Fsp3) is 0.108. The van der Waals surface area contributed by atoms with Crippen LogP contribution in [-0.2, 0) is 21.3 Å². The van der Waals surface area contributed by atoms with Crippen molar-refractivity contribution in [2.75, 3.05) is 0 Å². The van der Waals surface area contributed by atoms with Crippen molar-refractivity contribution in [2.45, 2.75) is 21.1 Å². The topological polar surface area (TPSA) is 0 Å². The molecule has 0 heterocycles. The molecule has 182 valence electrons. The van der Waals surface area contributed by atoms with Gasteiger partial charge in [-0.15, -0.1) is 0 Å². The Labute approximate surface area is 233 Å². The van der Waals surface area contributed by atoms with Crippen LogP contribution in [0.1, 0.15) is 53.1 Å². The van der Waals surface area contributed by atoms with Crippen LogP contribution in [0.5, 0.6) is 0 Å². The minimum absolute atomic E-state index is 0.445. The molecule has 0 amide bonds. The van der Waals surface area contributed by atoms with Gasteiger partial charge in [0.25, 0.3) is 0 Å². The van der Waals surface area contributed by atoms with Crippen molar-refractivity contribution in [3.8, 4) is 11.1 Å². The molecule has 5 aromatic rings. The first-order chi connectivity index (χ1) is 18.7. The van der Waals surface area contributed by atoms with Gasteiger partial charge in [-0.1, -0.05) is 0 Å². The van der Waals surface area contributed by atoms with E-state index in [0.717, 1.165) is 0 Å². The van der Waals surface area contributed by atoms with Crippen LogP contribution in [0.15, 0.2) is 133 Å². The zero-order chi connectivity index (χ0) is 25.6. The summed E-state index contributed by atoms with van der Waals surface area (Å²) in [4.78, 5) is 0. The standard InChI is InChI=1S/C13H9.C13H10.C11H11.Zr/c1-3-7-12-10(5-1)9-11-6-2-4-8-13(11)12;1-3-7-12(8-4-1)11-13-9-5-2-6-10-13;1-8-4-3-5-10-7-6-9(2)11(8)10;/h1-9H;1-10H;3-7H,1-2H3;. The second-order valence-electron chi connectivity index (χ2n) is 10.5. The maximum absolute atomic E-state index is 2.69. The summed E-state index contributed by atoms with van der Waals surface area (Å²) in [5, 5.41) is 0. The van der Waals surface area contributed by atoms with E-state index in [1.165, 1.54) is 50.1 Å². The van der Waals surface area contributed by atoms with Gasteiger partial charge in [-0.05, 0) is 0 Å². The number of fused-ring (bicyclic) bond motifs is 4. The Bertz CT molecular complexity index is 1640. The van der Waals surface area contributed by atoms with Crippen molar-refractivity contribution in [2.24, 2.45) is 0 Å². The average molecular weight is 566 g/mol. The van der Waals surface area contributed by atoms with E-state index in [9.17, 15) is 0 Å². The number of hydrogen-bond donors (Lipinski definition) is 0. The van der Waals surface area contributed by atoms with Crippen LogP contribution in [0, 0.1) is 6.92 Å². The number of allylic oxidation sites excluding steroid dienone is 2. The van der Waals surface area contributed by atoms with Crippen LogP contribution in [0.3, 0.4) is 0 Å². The van der Waals surface area contributed by atoms with Gasteiger partial charge in [0.15, 0.2) is 0 Å². The fourth-order valence-electron chi connectivity index (χ4n) is 6.85. The molecule has 2 aliphatic rings. The average Bonchev–Trinajstić information content (AvgIpc) is 3.48. The molecule has 1 heteroatoms. The van der Waals surface area contributed by atoms with Crippen LogP contribution in [0.4, 0.5) is 0 Å². The Morgan fingerprint density at radius 2 is 1.03 bits per heavy atom. The molecule has 0 saturated heterocycles. The number of hydrogen-bond acceptors (Lipinski definition) is 0. The van der Waals surface area contributed by atoms with Gasteiger partial charge in [-0.2, -0.15) is 0 Å². The first-order valence-corrected chi connectivity index (χ1v) is 17.6. The molecule has 0 N–H and O–H groups in total. The van der Waals surface area contributed by atoms with Gasteiger partial charge in [0.2, 0.25) is 0 Å². The molecule has 0 aromatic heterocycles. The van der Waals surface area contributed by atoms with E-state index < -0.39 is 21.3 Å². The van der Waals surface area contributed by atoms with Gasteiger partial charge >= 0.3 is 235 Å². The Kier molecular flexibility index (Phi) is 6.06. The minimum atomic E-state index is -2.69. The second kappa shape index (κ2) is 9.72. The zero-order valence-electron chi connectivity index (χ0n) is 21.9. The second-order valence-corrected chi connectivity index (χ2v) is 17.0. The van der Waals surface area contributed by atoms with E-state index in [1.54, 1.807) is 8.77 Å². The molecular formula is C37H30Zr. The number of rotatable bonds is 4. The Morgan fingerprint density at radius 1 is 0.526 bits per heavy atom. The van der Waals surface area contributed by atoms with E-state index in [1.807, 2.05) is 0 Å². The van der Waals surface area contributed by atoms with Gasteiger partial charge in [-0.3, -0.25) is 0 Å².